The molecular weight excluding hydrogens is 226 g/mol. The summed E-state index contributed by atoms with van der Waals surface area (Å²) in [5.41, 5.74) is 3.21. The molecule has 0 fully saturated rings. The lowest BCUT2D eigenvalue weighted by atomic mass is 10.2. The van der Waals surface area contributed by atoms with E-state index in [0.717, 1.165) is 22.8 Å². The van der Waals surface area contributed by atoms with Gasteiger partial charge >= 0.3 is 0 Å². The highest BCUT2D eigenvalue weighted by atomic mass is 16.5. The Morgan fingerprint density at radius 1 is 1.28 bits per heavy atom. The summed E-state index contributed by atoms with van der Waals surface area (Å²) >= 11 is 0. The second-order valence-electron chi connectivity index (χ2n) is 4.08. The Kier molecular flexibility index (Phi) is 4.25. The lowest BCUT2D eigenvalue weighted by molar-refractivity contribution is 0.185. The zero-order chi connectivity index (χ0) is 12.8. The normalized spacial score (nSPS) is 10.3. The number of ether oxygens (including phenoxy) is 1. The lowest BCUT2D eigenvalue weighted by Gasteiger charge is -2.08. The fourth-order valence-corrected chi connectivity index (χ4v) is 1.73. The molecule has 0 aliphatic heterocycles. The van der Waals surface area contributed by atoms with Crippen LogP contribution >= 0.6 is 0 Å². The molecule has 0 aliphatic carbocycles. The van der Waals surface area contributed by atoms with Crippen molar-refractivity contribution in [2.45, 2.75) is 20.1 Å². The molecule has 0 saturated heterocycles. The molecule has 1 aromatic heterocycles. The highest BCUT2D eigenvalue weighted by Gasteiger charge is 1.98. The SMILES string of the molecule is COCc1cccc(NCc2ccnc(C)n2)c1. The number of hydrogen-bond acceptors (Lipinski definition) is 4. The van der Waals surface area contributed by atoms with Gasteiger partial charge in [-0.05, 0) is 30.7 Å². The molecule has 0 bridgehead atoms. The number of benzene rings is 1. The van der Waals surface area contributed by atoms with Crippen molar-refractivity contribution >= 4 is 5.69 Å². The first kappa shape index (κ1) is 12.5. The van der Waals surface area contributed by atoms with E-state index in [2.05, 4.69) is 21.4 Å². The van der Waals surface area contributed by atoms with Crippen LogP contribution in [0.1, 0.15) is 17.1 Å². The Balaban J connectivity index is 1.99. The molecule has 0 unspecified atom stereocenters. The van der Waals surface area contributed by atoms with Crippen LogP contribution in [-0.4, -0.2) is 17.1 Å². The molecule has 0 radical (unpaired) electrons. The molecule has 0 spiro atoms. The first-order valence-corrected chi connectivity index (χ1v) is 5.88. The predicted octanol–water partition coefficient (Wildman–Crippen LogP) is 2.54. The fraction of sp³-hybridized carbons (Fsp3) is 0.286. The Morgan fingerprint density at radius 2 is 2.17 bits per heavy atom. The second-order valence-corrected chi connectivity index (χ2v) is 4.08. The minimum absolute atomic E-state index is 0.627. The third-order valence-electron chi connectivity index (χ3n) is 2.55. The molecular formula is C14H17N3O. The Hall–Kier alpha value is -1.94. The lowest BCUT2D eigenvalue weighted by Crippen LogP contribution is -2.03. The number of aryl methyl sites for hydroxylation is 1. The van der Waals surface area contributed by atoms with Crippen molar-refractivity contribution in [1.29, 1.82) is 0 Å². The average Bonchev–Trinajstić information content (AvgIpc) is 2.37. The van der Waals surface area contributed by atoms with Gasteiger partial charge in [0.2, 0.25) is 0 Å². The summed E-state index contributed by atoms with van der Waals surface area (Å²) in [5.74, 6) is 0.794. The Morgan fingerprint density at radius 3 is 2.94 bits per heavy atom. The van der Waals surface area contributed by atoms with Crippen molar-refractivity contribution in [3.8, 4) is 0 Å². The molecule has 0 saturated carbocycles. The highest BCUT2D eigenvalue weighted by molar-refractivity contribution is 5.45. The van der Waals surface area contributed by atoms with Gasteiger partial charge in [0, 0.05) is 19.0 Å². The van der Waals surface area contributed by atoms with Gasteiger partial charge in [-0.25, -0.2) is 9.97 Å². The topological polar surface area (TPSA) is 47.0 Å². The molecule has 2 rings (SSSR count). The summed E-state index contributed by atoms with van der Waals surface area (Å²) < 4.78 is 5.11. The number of aromatic nitrogens is 2. The summed E-state index contributed by atoms with van der Waals surface area (Å²) in [4.78, 5) is 8.43. The van der Waals surface area contributed by atoms with Crippen LogP contribution in [0.25, 0.3) is 0 Å². The summed E-state index contributed by atoms with van der Waals surface area (Å²) in [5, 5.41) is 3.34. The van der Waals surface area contributed by atoms with E-state index in [4.69, 9.17) is 4.74 Å². The zero-order valence-corrected chi connectivity index (χ0v) is 10.7. The Bertz CT molecular complexity index is 514. The van der Waals surface area contributed by atoms with E-state index < -0.39 is 0 Å². The van der Waals surface area contributed by atoms with Gasteiger partial charge in [-0.1, -0.05) is 12.1 Å². The van der Waals surface area contributed by atoms with Crippen molar-refractivity contribution < 1.29 is 4.74 Å². The summed E-state index contributed by atoms with van der Waals surface area (Å²) in [6, 6.07) is 10.1. The highest BCUT2D eigenvalue weighted by Crippen LogP contribution is 2.12. The van der Waals surface area contributed by atoms with Crippen molar-refractivity contribution in [2.24, 2.45) is 0 Å². The van der Waals surface area contributed by atoms with Gasteiger partial charge in [0.15, 0.2) is 0 Å². The zero-order valence-electron chi connectivity index (χ0n) is 10.7. The summed E-state index contributed by atoms with van der Waals surface area (Å²) in [7, 11) is 1.70. The predicted molar refractivity (Wildman–Crippen MR) is 71.3 cm³/mol. The van der Waals surface area contributed by atoms with E-state index in [1.165, 1.54) is 0 Å². The molecule has 1 N–H and O–H groups in total. The molecule has 18 heavy (non-hydrogen) atoms. The van der Waals surface area contributed by atoms with E-state index in [-0.39, 0.29) is 0 Å². The van der Waals surface area contributed by atoms with Gasteiger partial charge in [-0.15, -0.1) is 0 Å². The molecule has 1 aromatic carbocycles. The molecule has 0 atom stereocenters. The van der Waals surface area contributed by atoms with Crippen LogP contribution in [0, 0.1) is 6.92 Å². The summed E-state index contributed by atoms with van der Waals surface area (Å²) in [6.45, 7) is 3.21. The number of nitrogens with zero attached hydrogens (tertiary/aromatic N) is 2. The third kappa shape index (κ3) is 3.53. The van der Waals surface area contributed by atoms with Crippen molar-refractivity contribution in [3.63, 3.8) is 0 Å². The van der Waals surface area contributed by atoms with E-state index in [0.29, 0.717) is 13.2 Å². The second kappa shape index (κ2) is 6.12. The van der Waals surface area contributed by atoms with Crippen LogP contribution in [0.4, 0.5) is 5.69 Å². The van der Waals surface area contributed by atoms with Crippen molar-refractivity contribution in [1.82, 2.24) is 9.97 Å². The van der Waals surface area contributed by atoms with Gasteiger partial charge < -0.3 is 10.1 Å². The van der Waals surface area contributed by atoms with Gasteiger partial charge in [0.05, 0.1) is 18.8 Å². The van der Waals surface area contributed by atoms with Crippen LogP contribution in [0.2, 0.25) is 0 Å². The number of methoxy groups -OCH3 is 1. The largest absolute Gasteiger partial charge is 0.380 e. The molecule has 2 aromatic rings. The molecule has 4 nitrogen and oxygen atoms in total. The minimum atomic E-state index is 0.627. The third-order valence-corrected chi connectivity index (χ3v) is 2.55. The van der Waals surface area contributed by atoms with Crippen LogP contribution in [-0.2, 0) is 17.9 Å². The monoisotopic (exact) mass is 243 g/mol. The molecule has 94 valence electrons. The van der Waals surface area contributed by atoms with Crippen molar-refractivity contribution in [3.05, 3.63) is 53.6 Å². The summed E-state index contributed by atoms with van der Waals surface area (Å²) in [6.07, 6.45) is 1.78. The maximum atomic E-state index is 5.11. The van der Waals surface area contributed by atoms with Crippen LogP contribution in [0.3, 0.4) is 0 Å². The van der Waals surface area contributed by atoms with E-state index in [1.807, 2.05) is 31.2 Å². The van der Waals surface area contributed by atoms with E-state index >= 15 is 0 Å². The van der Waals surface area contributed by atoms with E-state index in [1.54, 1.807) is 13.3 Å². The number of anilines is 1. The van der Waals surface area contributed by atoms with E-state index in [9.17, 15) is 0 Å². The fourth-order valence-electron chi connectivity index (χ4n) is 1.73. The van der Waals surface area contributed by atoms with Crippen molar-refractivity contribution in [2.75, 3.05) is 12.4 Å². The number of hydrogen-bond donors (Lipinski definition) is 1. The molecule has 4 heteroatoms. The first-order chi connectivity index (χ1) is 8.78. The van der Waals surface area contributed by atoms with Crippen LogP contribution in [0.15, 0.2) is 36.5 Å². The quantitative estimate of drug-likeness (QED) is 0.876. The van der Waals surface area contributed by atoms with Gasteiger partial charge in [-0.3, -0.25) is 0 Å². The standard InChI is InChI=1S/C14H17N3O/c1-11-15-7-6-14(17-11)9-16-13-5-3-4-12(8-13)10-18-2/h3-8,16H,9-10H2,1-2H3. The molecule has 0 amide bonds. The maximum absolute atomic E-state index is 5.11. The minimum Gasteiger partial charge on any atom is -0.380 e. The van der Waals surface area contributed by atoms with Gasteiger partial charge in [-0.2, -0.15) is 0 Å². The smallest absolute Gasteiger partial charge is 0.125 e. The maximum Gasteiger partial charge on any atom is 0.125 e. The first-order valence-electron chi connectivity index (χ1n) is 5.88. The van der Waals surface area contributed by atoms with Gasteiger partial charge in [0.1, 0.15) is 5.82 Å². The van der Waals surface area contributed by atoms with Gasteiger partial charge in [0.25, 0.3) is 0 Å². The average molecular weight is 243 g/mol. The Labute approximate surface area is 107 Å². The number of nitrogens with one attached hydrogen (secondary N) is 1. The molecule has 0 aliphatic rings. The molecule has 1 heterocycles. The number of rotatable bonds is 5. The van der Waals surface area contributed by atoms with Crippen LogP contribution in [0.5, 0.6) is 0 Å². The van der Waals surface area contributed by atoms with Crippen LogP contribution < -0.4 is 5.32 Å².